The van der Waals surface area contributed by atoms with Crippen molar-refractivity contribution in [2.45, 2.75) is 53.9 Å². The van der Waals surface area contributed by atoms with Crippen LogP contribution < -0.4 is 10.1 Å². The van der Waals surface area contributed by atoms with E-state index in [1.807, 2.05) is 43.3 Å². The molecule has 0 saturated heterocycles. The van der Waals surface area contributed by atoms with E-state index in [0.717, 1.165) is 17.0 Å². The number of carbonyl (C=O) groups is 1. The number of hydrogen-bond acceptors (Lipinski definition) is 2. The van der Waals surface area contributed by atoms with Crippen LogP contribution in [-0.2, 0) is 4.79 Å². The molecule has 2 rings (SSSR count). The van der Waals surface area contributed by atoms with Crippen molar-refractivity contribution < 1.29 is 9.53 Å². The summed E-state index contributed by atoms with van der Waals surface area (Å²) in [6.45, 7) is 10.9. The fourth-order valence-electron chi connectivity index (χ4n) is 3.74. The van der Waals surface area contributed by atoms with Crippen LogP contribution in [0.5, 0.6) is 5.75 Å². The van der Waals surface area contributed by atoms with Gasteiger partial charge in [0.2, 0.25) is 5.91 Å². The second kappa shape index (κ2) is 10.8. The molecule has 1 aliphatic rings. The number of ether oxygens (including phenoxy) is 1. The zero-order valence-corrected chi connectivity index (χ0v) is 19.2. The van der Waals surface area contributed by atoms with Gasteiger partial charge in [0.05, 0.1) is 7.11 Å². The maximum atomic E-state index is 12.2. The first-order valence-corrected chi connectivity index (χ1v) is 10.6. The molecule has 0 aliphatic heterocycles. The van der Waals surface area contributed by atoms with Crippen molar-refractivity contribution in [3.63, 3.8) is 0 Å². The molecule has 0 aromatic heterocycles. The van der Waals surface area contributed by atoms with Crippen molar-refractivity contribution in [3.8, 4) is 5.75 Å². The number of anilines is 1. The van der Waals surface area contributed by atoms with E-state index in [0.29, 0.717) is 0 Å². The summed E-state index contributed by atoms with van der Waals surface area (Å²) in [4.78, 5) is 12.2. The molecular weight excluding hydrogens is 370 g/mol. The normalized spacial score (nSPS) is 17.7. The lowest BCUT2D eigenvalue weighted by molar-refractivity contribution is -0.111. The highest BCUT2D eigenvalue weighted by Crippen LogP contribution is 2.40. The molecule has 3 heteroatoms. The number of allylic oxidation sites excluding steroid dienone is 9. The molecule has 0 atom stereocenters. The summed E-state index contributed by atoms with van der Waals surface area (Å²) in [5.41, 5.74) is 6.05. The number of hydrogen-bond donors (Lipinski definition) is 1. The van der Waals surface area contributed by atoms with Crippen LogP contribution in [0.3, 0.4) is 0 Å². The van der Waals surface area contributed by atoms with Crippen LogP contribution in [-0.4, -0.2) is 13.0 Å². The molecule has 30 heavy (non-hydrogen) atoms. The smallest absolute Gasteiger partial charge is 0.248 e. The lowest BCUT2D eigenvalue weighted by Crippen LogP contribution is -2.19. The highest BCUT2D eigenvalue weighted by Gasteiger charge is 2.26. The molecule has 1 amide bonds. The van der Waals surface area contributed by atoms with Crippen LogP contribution in [0, 0.1) is 5.41 Å². The van der Waals surface area contributed by atoms with Gasteiger partial charge < -0.3 is 10.1 Å². The number of carbonyl (C=O) groups excluding carboxylic acids is 1. The van der Waals surface area contributed by atoms with Gasteiger partial charge in [0.15, 0.2) is 0 Å². The van der Waals surface area contributed by atoms with E-state index in [2.05, 4.69) is 51.2 Å². The number of nitrogens with one attached hydrogen (secondary N) is 1. The van der Waals surface area contributed by atoms with Gasteiger partial charge in [-0.25, -0.2) is 0 Å². The van der Waals surface area contributed by atoms with Crippen LogP contribution in [0.2, 0.25) is 0 Å². The number of amides is 1. The standard InChI is InChI=1S/C27H35NO2/c1-20(12-17-25-22(3)11-8-18-27(25,4)5)9-7-10-21(2)19-26(29)28-23-13-15-24(30-6)16-14-23/h7,9-10,12-17,19H,8,11,18H2,1-6H3,(H,28,29). The molecule has 0 bridgehead atoms. The molecule has 1 aliphatic carbocycles. The van der Waals surface area contributed by atoms with Crippen LogP contribution in [0.15, 0.2) is 83.0 Å². The first-order chi connectivity index (χ1) is 14.2. The van der Waals surface area contributed by atoms with Crippen molar-refractivity contribution in [1.29, 1.82) is 0 Å². The van der Waals surface area contributed by atoms with Crippen LogP contribution in [0.4, 0.5) is 5.69 Å². The Kier molecular flexibility index (Phi) is 8.46. The molecular formula is C27H35NO2. The monoisotopic (exact) mass is 405 g/mol. The van der Waals surface area contributed by atoms with Gasteiger partial charge in [0.1, 0.15) is 5.75 Å². The van der Waals surface area contributed by atoms with E-state index in [9.17, 15) is 4.79 Å². The first-order valence-electron chi connectivity index (χ1n) is 10.6. The molecule has 0 fully saturated rings. The van der Waals surface area contributed by atoms with Crippen molar-refractivity contribution in [2.24, 2.45) is 5.41 Å². The third-order valence-corrected chi connectivity index (χ3v) is 5.49. The van der Waals surface area contributed by atoms with Crippen LogP contribution in [0.25, 0.3) is 0 Å². The van der Waals surface area contributed by atoms with Gasteiger partial charge in [-0.3, -0.25) is 4.79 Å². The van der Waals surface area contributed by atoms with E-state index >= 15 is 0 Å². The van der Waals surface area contributed by atoms with Crippen molar-refractivity contribution in [1.82, 2.24) is 0 Å². The molecule has 0 radical (unpaired) electrons. The third-order valence-electron chi connectivity index (χ3n) is 5.49. The Morgan fingerprint density at radius 2 is 1.80 bits per heavy atom. The third kappa shape index (κ3) is 7.22. The zero-order valence-electron chi connectivity index (χ0n) is 19.2. The fraction of sp³-hybridized carbons (Fsp3) is 0.370. The maximum Gasteiger partial charge on any atom is 0.248 e. The largest absolute Gasteiger partial charge is 0.497 e. The molecule has 1 N–H and O–H groups in total. The Bertz CT molecular complexity index is 893. The highest BCUT2D eigenvalue weighted by atomic mass is 16.5. The first kappa shape index (κ1) is 23.5. The molecule has 0 saturated carbocycles. The van der Waals surface area contributed by atoms with E-state index in [-0.39, 0.29) is 11.3 Å². The molecule has 3 nitrogen and oxygen atoms in total. The SMILES string of the molecule is COc1ccc(NC(=O)C=C(C)C=CC=C(C)C=CC2=C(C)CCCC2(C)C)cc1. The summed E-state index contributed by atoms with van der Waals surface area (Å²) < 4.78 is 5.12. The van der Waals surface area contributed by atoms with Crippen LogP contribution >= 0.6 is 0 Å². The minimum atomic E-state index is -0.148. The lowest BCUT2D eigenvalue weighted by Gasteiger charge is -2.32. The molecule has 1 aromatic rings. The van der Waals surface area contributed by atoms with Gasteiger partial charge in [-0.1, -0.05) is 55.4 Å². The average molecular weight is 406 g/mol. The Hall–Kier alpha value is -2.81. The van der Waals surface area contributed by atoms with E-state index in [1.165, 1.54) is 36.0 Å². The summed E-state index contributed by atoms with van der Waals surface area (Å²) in [6.07, 6.45) is 15.8. The molecule has 1 aromatic carbocycles. The number of rotatable bonds is 7. The zero-order chi connectivity index (χ0) is 22.1. The highest BCUT2D eigenvalue weighted by molar-refractivity contribution is 6.00. The summed E-state index contributed by atoms with van der Waals surface area (Å²) in [6, 6.07) is 7.27. The van der Waals surface area contributed by atoms with Crippen molar-refractivity contribution >= 4 is 11.6 Å². The minimum Gasteiger partial charge on any atom is -0.497 e. The van der Waals surface area contributed by atoms with E-state index in [1.54, 1.807) is 13.2 Å². The number of benzene rings is 1. The van der Waals surface area contributed by atoms with Crippen molar-refractivity contribution in [3.05, 3.63) is 83.0 Å². The topological polar surface area (TPSA) is 38.3 Å². The van der Waals surface area contributed by atoms with E-state index < -0.39 is 0 Å². The second-order valence-electron chi connectivity index (χ2n) is 8.64. The van der Waals surface area contributed by atoms with Gasteiger partial charge in [-0.2, -0.15) is 0 Å². The minimum absolute atomic E-state index is 0.148. The number of methoxy groups -OCH3 is 1. The summed E-state index contributed by atoms with van der Waals surface area (Å²) in [7, 11) is 1.62. The molecule has 0 unspecified atom stereocenters. The summed E-state index contributed by atoms with van der Waals surface area (Å²) >= 11 is 0. The lowest BCUT2D eigenvalue weighted by atomic mass is 9.72. The maximum absolute atomic E-state index is 12.2. The fourth-order valence-corrected chi connectivity index (χ4v) is 3.74. The Balaban J connectivity index is 1.95. The second-order valence-corrected chi connectivity index (χ2v) is 8.64. The molecule has 0 heterocycles. The summed E-state index contributed by atoms with van der Waals surface area (Å²) in [5, 5.41) is 2.86. The van der Waals surface area contributed by atoms with Gasteiger partial charge in [0, 0.05) is 11.8 Å². The van der Waals surface area contributed by atoms with Gasteiger partial charge in [-0.05, 0) is 80.9 Å². The predicted molar refractivity (Wildman–Crippen MR) is 128 cm³/mol. The van der Waals surface area contributed by atoms with Gasteiger partial charge in [-0.15, -0.1) is 0 Å². The molecule has 160 valence electrons. The van der Waals surface area contributed by atoms with Crippen LogP contribution in [0.1, 0.15) is 53.9 Å². The van der Waals surface area contributed by atoms with Gasteiger partial charge >= 0.3 is 0 Å². The van der Waals surface area contributed by atoms with E-state index in [4.69, 9.17) is 4.74 Å². The Labute approximate surface area is 181 Å². The van der Waals surface area contributed by atoms with Crippen molar-refractivity contribution in [2.75, 3.05) is 12.4 Å². The molecule has 0 spiro atoms. The quantitative estimate of drug-likeness (QED) is 0.386. The Morgan fingerprint density at radius 1 is 1.10 bits per heavy atom. The average Bonchev–Trinajstić information content (AvgIpc) is 2.67. The Morgan fingerprint density at radius 3 is 2.43 bits per heavy atom. The van der Waals surface area contributed by atoms with Gasteiger partial charge in [0.25, 0.3) is 0 Å². The predicted octanol–water partition coefficient (Wildman–Crippen LogP) is 7.17. The summed E-state index contributed by atoms with van der Waals surface area (Å²) in [5.74, 6) is 0.613.